The Labute approximate surface area is 154 Å². The Kier molecular flexibility index (Phi) is 5.07. The normalized spacial score (nSPS) is 18.8. The van der Waals surface area contributed by atoms with Gasteiger partial charge < -0.3 is 19.5 Å². The lowest BCUT2D eigenvalue weighted by atomic mass is 9.89. The number of benzene rings is 2. The smallest absolute Gasteiger partial charge is 0.261 e. The summed E-state index contributed by atoms with van der Waals surface area (Å²) in [5.41, 5.74) is 0.548. The van der Waals surface area contributed by atoms with Gasteiger partial charge in [-0.25, -0.2) is 0 Å². The highest BCUT2D eigenvalue weighted by Gasteiger charge is 2.35. The molecule has 0 aromatic heterocycles. The van der Waals surface area contributed by atoms with Gasteiger partial charge in [0.15, 0.2) is 6.10 Å². The summed E-state index contributed by atoms with van der Waals surface area (Å²) in [6.45, 7) is 5.78. The maximum atomic E-state index is 12.7. The second kappa shape index (κ2) is 7.28. The third kappa shape index (κ3) is 4.10. The van der Waals surface area contributed by atoms with Crippen molar-refractivity contribution in [2.45, 2.75) is 44.9 Å². The first-order valence-corrected chi connectivity index (χ1v) is 8.77. The number of carbonyl (C=O) groups excluding carboxylic acids is 1. The van der Waals surface area contributed by atoms with Crippen LogP contribution in [0.5, 0.6) is 17.2 Å². The fourth-order valence-corrected chi connectivity index (χ4v) is 3.13. The maximum Gasteiger partial charge on any atom is 0.261 e. The largest absolute Gasteiger partial charge is 0.497 e. The van der Waals surface area contributed by atoms with Gasteiger partial charge in [-0.1, -0.05) is 18.2 Å². The molecule has 138 valence electrons. The molecule has 0 radical (unpaired) electrons. The van der Waals surface area contributed by atoms with Gasteiger partial charge in [0.25, 0.3) is 5.91 Å². The summed E-state index contributed by atoms with van der Waals surface area (Å²) in [5, 5.41) is 3.10. The summed E-state index contributed by atoms with van der Waals surface area (Å²) in [7, 11) is 1.62. The quantitative estimate of drug-likeness (QED) is 0.884. The van der Waals surface area contributed by atoms with Gasteiger partial charge in [0, 0.05) is 12.0 Å². The molecule has 2 atom stereocenters. The van der Waals surface area contributed by atoms with E-state index in [0.29, 0.717) is 12.2 Å². The second-order valence-corrected chi connectivity index (χ2v) is 7.10. The van der Waals surface area contributed by atoms with Gasteiger partial charge in [-0.2, -0.15) is 0 Å². The van der Waals surface area contributed by atoms with Gasteiger partial charge in [0.05, 0.1) is 13.2 Å². The fourth-order valence-electron chi connectivity index (χ4n) is 3.13. The molecule has 1 heterocycles. The molecule has 0 saturated carbocycles. The second-order valence-electron chi connectivity index (χ2n) is 7.10. The standard InChI is InChI=1S/C21H25NO4/c1-14(25-15-8-6-5-7-9-15)20(23)22-18-13-21(2,3)26-19-11-10-16(24-4)12-17(18)19/h5-12,14,18H,13H2,1-4H3,(H,22,23)/t14-,18-/m0/s1. The predicted octanol–water partition coefficient (Wildman–Crippen LogP) is 3.88. The third-order valence-corrected chi connectivity index (χ3v) is 4.42. The van der Waals surface area contributed by atoms with Crippen molar-refractivity contribution < 1.29 is 19.0 Å². The summed E-state index contributed by atoms with van der Waals surface area (Å²) in [5.74, 6) is 2.01. The van der Waals surface area contributed by atoms with Crippen LogP contribution in [0.3, 0.4) is 0 Å². The van der Waals surface area contributed by atoms with E-state index < -0.39 is 6.10 Å². The molecule has 1 aliphatic rings. The van der Waals surface area contributed by atoms with Crippen molar-refractivity contribution in [3.8, 4) is 17.2 Å². The molecule has 1 amide bonds. The van der Waals surface area contributed by atoms with Crippen molar-refractivity contribution in [3.63, 3.8) is 0 Å². The van der Waals surface area contributed by atoms with Crippen molar-refractivity contribution >= 4 is 5.91 Å². The third-order valence-electron chi connectivity index (χ3n) is 4.42. The first-order valence-electron chi connectivity index (χ1n) is 8.77. The van der Waals surface area contributed by atoms with Crippen LogP contribution in [-0.4, -0.2) is 24.7 Å². The Balaban J connectivity index is 1.77. The van der Waals surface area contributed by atoms with Crippen molar-refractivity contribution in [2.75, 3.05) is 7.11 Å². The number of hydrogen-bond donors (Lipinski definition) is 1. The van der Waals surface area contributed by atoms with E-state index in [4.69, 9.17) is 14.2 Å². The number of hydrogen-bond acceptors (Lipinski definition) is 4. The molecule has 3 rings (SSSR count). The van der Waals surface area contributed by atoms with Gasteiger partial charge in [-0.05, 0) is 51.1 Å². The van der Waals surface area contributed by atoms with E-state index in [1.807, 2.05) is 62.4 Å². The van der Waals surface area contributed by atoms with Crippen LogP contribution >= 0.6 is 0 Å². The molecule has 2 aromatic rings. The van der Waals surface area contributed by atoms with Gasteiger partial charge in [-0.3, -0.25) is 4.79 Å². The van der Waals surface area contributed by atoms with Crippen LogP contribution < -0.4 is 19.5 Å². The summed E-state index contributed by atoms with van der Waals surface area (Å²) < 4.78 is 17.1. The Morgan fingerprint density at radius 2 is 1.92 bits per heavy atom. The van der Waals surface area contributed by atoms with Gasteiger partial charge >= 0.3 is 0 Å². The number of amides is 1. The molecule has 0 fully saturated rings. The molecule has 0 bridgehead atoms. The Morgan fingerprint density at radius 3 is 2.62 bits per heavy atom. The number of nitrogens with one attached hydrogen (secondary N) is 1. The molecule has 0 spiro atoms. The minimum atomic E-state index is -0.600. The molecule has 1 aliphatic heterocycles. The molecule has 0 unspecified atom stereocenters. The number of methoxy groups -OCH3 is 1. The Bertz CT molecular complexity index is 773. The monoisotopic (exact) mass is 355 g/mol. The zero-order valence-electron chi connectivity index (χ0n) is 15.6. The summed E-state index contributed by atoms with van der Waals surface area (Å²) in [6, 6.07) is 14.8. The molecular weight excluding hydrogens is 330 g/mol. The van der Waals surface area contributed by atoms with Crippen LogP contribution in [0.4, 0.5) is 0 Å². The SMILES string of the molecule is COc1ccc2c(c1)[C@@H](NC(=O)[C@H](C)Oc1ccccc1)CC(C)(C)O2. The maximum absolute atomic E-state index is 12.7. The van der Waals surface area contributed by atoms with E-state index in [1.165, 1.54) is 0 Å². The van der Waals surface area contributed by atoms with Crippen LogP contribution in [0, 0.1) is 0 Å². The number of carbonyl (C=O) groups is 1. The predicted molar refractivity (Wildman–Crippen MR) is 99.7 cm³/mol. The first kappa shape index (κ1) is 18.1. The molecule has 26 heavy (non-hydrogen) atoms. The van der Waals surface area contributed by atoms with Crippen LogP contribution in [-0.2, 0) is 4.79 Å². The lowest BCUT2D eigenvalue weighted by Crippen LogP contribution is -2.44. The molecule has 0 saturated heterocycles. The summed E-state index contributed by atoms with van der Waals surface area (Å²) in [6.07, 6.45) is 0.0640. The minimum Gasteiger partial charge on any atom is -0.497 e. The van der Waals surface area contributed by atoms with E-state index in [2.05, 4.69) is 5.32 Å². The summed E-state index contributed by atoms with van der Waals surface area (Å²) >= 11 is 0. The minimum absolute atomic E-state index is 0.162. The first-order chi connectivity index (χ1) is 12.4. The molecule has 5 nitrogen and oxygen atoms in total. The van der Waals surface area contributed by atoms with E-state index >= 15 is 0 Å². The van der Waals surface area contributed by atoms with Crippen molar-refractivity contribution in [2.24, 2.45) is 0 Å². The van der Waals surface area contributed by atoms with E-state index in [9.17, 15) is 4.79 Å². The lowest BCUT2D eigenvalue weighted by molar-refractivity contribution is -0.128. The molecule has 0 aliphatic carbocycles. The zero-order valence-corrected chi connectivity index (χ0v) is 15.6. The van der Waals surface area contributed by atoms with Crippen LogP contribution in [0.25, 0.3) is 0 Å². The molecular formula is C21H25NO4. The highest BCUT2D eigenvalue weighted by molar-refractivity contribution is 5.81. The topological polar surface area (TPSA) is 56.8 Å². The van der Waals surface area contributed by atoms with Crippen LogP contribution in [0.2, 0.25) is 0 Å². The highest BCUT2D eigenvalue weighted by Crippen LogP contribution is 2.41. The molecule has 5 heteroatoms. The van der Waals surface area contributed by atoms with Gasteiger partial charge in [0.2, 0.25) is 0 Å². The number of para-hydroxylation sites is 1. The fraction of sp³-hybridized carbons (Fsp3) is 0.381. The average molecular weight is 355 g/mol. The number of fused-ring (bicyclic) bond motifs is 1. The average Bonchev–Trinajstić information content (AvgIpc) is 2.61. The van der Waals surface area contributed by atoms with E-state index in [1.54, 1.807) is 14.0 Å². The highest BCUT2D eigenvalue weighted by atomic mass is 16.5. The lowest BCUT2D eigenvalue weighted by Gasteiger charge is -2.38. The van der Waals surface area contributed by atoms with Crippen molar-refractivity contribution in [1.82, 2.24) is 5.32 Å². The van der Waals surface area contributed by atoms with Crippen molar-refractivity contribution in [3.05, 3.63) is 54.1 Å². The molecule has 2 aromatic carbocycles. The van der Waals surface area contributed by atoms with Gasteiger partial charge in [-0.15, -0.1) is 0 Å². The van der Waals surface area contributed by atoms with E-state index in [-0.39, 0.29) is 17.6 Å². The van der Waals surface area contributed by atoms with Gasteiger partial charge in [0.1, 0.15) is 22.8 Å². The number of rotatable bonds is 5. The number of ether oxygens (including phenoxy) is 3. The van der Waals surface area contributed by atoms with E-state index in [0.717, 1.165) is 17.1 Å². The zero-order chi connectivity index (χ0) is 18.7. The summed E-state index contributed by atoms with van der Waals surface area (Å²) in [4.78, 5) is 12.7. The molecule has 1 N–H and O–H groups in total. The van der Waals surface area contributed by atoms with Crippen molar-refractivity contribution in [1.29, 1.82) is 0 Å². The van der Waals surface area contributed by atoms with Crippen LogP contribution in [0.1, 0.15) is 38.8 Å². The Hall–Kier alpha value is -2.69. The van der Waals surface area contributed by atoms with Crippen LogP contribution in [0.15, 0.2) is 48.5 Å². The Morgan fingerprint density at radius 1 is 1.19 bits per heavy atom.